The lowest BCUT2D eigenvalue weighted by atomic mass is 10.1. The second kappa shape index (κ2) is 5.08. The van der Waals surface area contributed by atoms with Gasteiger partial charge >= 0.3 is 0 Å². The van der Waals surface area contributed by atoms with Crippen LogP contribution in [0.25, 0.3) is 6.08 Å². The normalized spacial score (nSPS) is 12.3. The van der Waals surface area contributed by atoms with Gasteiger partial charge in [-0.3, -0.25) is 4.98 Å². The molecule has 0 unspecified atom stereocenters. The molecule has 2 nitrogen and oxygen atoms in total. The van der Waals surface area contributed by atoms with Crippen LogP contribution < -0.4 is 5.32 Å². The second-order valence-corrected chi connectivity index (χ2v) is 4.77. The number of rotatable bonds is 3. The standard InChI is InChI=1S/C13H20N2/c1-11-7-9-14-10-12(11)6-5-8-15-13(2,3)4/h5-7,9-10,15H,8H2,1-4H3/b6-5+. The third kappa shape index (κ3) is 4.75. The van der Waals surface area contributed by atoms with Crippen LogP contribution in [0.2, 0.25) is 0 Å². The average Bonchev–Trinajstić information content (AvgIpc) is 2.13. The number of hydrogen-bond acceptors (Lipinski definition) is 2. The molecule has 0 aliphatic heterocycles. The smallest absolute Gasteiger partial charge is 0.0342 e. The number of pyridine rings is 1. The fourth-order valence-corrected chi connectivity index (χ4v) is 1.20. The predicted octanol–water partition coefficient (Wildman–Crippen LogP) is 2.79. The molecule has 0 aromatic carbocycles. The van der Waals surface area contributed by atoms with Crippen LogP contribution in [0.1, 0.15) is 31.9 Å². The Labute approximate surface area is 92.4 Å². The summed E-state index contributed by atoms with van der Waals surface area (Å²) in [6.07, 6.45) is 7.96. The molecule has 2 heteroatoms. The van der Waals surface area contributed by atoms with Crippen molar-refractivity contribution in [1.82, 2.24) is 10.3 Å². The average molecular weight is 204 g/mol. The van der Waals surface area contributed by atoms with E-state index in [1.54, 1.807) is 0 Å². The molecule has 0 fully saturated rings. The van der Waals surface area contributed by atoms with E-state index in [0.29, 0.717) is 0 Å². The van der Waals surface area contributed by atoms with Gasteiger partial charge in [-0.1, -0.05) is 12.2 Å². The summed E-state index contributed by atoms with van der Waals surface area (Å²) in [6.45, 7) is 9.47. The molecule has 0 spiro atoms. The first kappa shape index (κ1) is 11.9. The maximum atomic E-state index is 4.10. The highest BCUT2D eigenvalue weighted by atomic mass is 14.9. The van der Waals surface area contributed by atoms with Crippen LogP contribution >= 0.6 is 0 Å². The number of nitrogens with one attached hydrogen (secondary N) is 1. The van der Waals surface area contributed by atoms with Crippen LogP contribution in [-0.2, 0) is 0 Å². The summed E-state index contributed by atoms with van der Waals surface area (Å²) in [6, 6.07) is 2.02. The lowest BCUT2D eigenvalue weighted by Crippen LogP contribution is -2.35. The minimum atomic E-state index is 0.175. The third-order valence-electron chi connectivity index (χ3n) is 2.13. The molecule has 0 atom stereocenters. The van der Waals surface area contributed by atoms with Crippen molar-refractivity contribution in [1.29, 1.82) is 0 Å². The molecule has 0 bridgehead atoms. The Morgan fingerprint density at radius 2 is 2.13 bits per heavy atom. The Morgan fingerprint density at radius 3 is 2.73 bits per heavy atom. The maximum Gasteiger partial charge on any atom is 0.0342 e. The molecule has 1 aromatic heterocycles. The molecule has 1 rings (SSSR count). The number of hydrogen-bond donors (Lipinski definition) is 1. The quantitative estimate of drug-likeness (QED) is 0.819. The molecule has 0 aliphatic carbocycles. The first-order valence-electron chi connectivity index (χ1n) is 5.31. The summed E-state index contributed by atoms with van der Waals surface area (Å²) < 4.78 is 0. The number of aromatic nitrogens is 1. The van der Waals surface area contributed by atoms with Crippen molar-refractivity contribution in [3.8, 4) is 0 Å². The summed E-state index contributed by atoms with van der Waals surface area (Å²) >= 11 is 0. The van der Waals surface area contributed by atoms with Crippen molar-refractivity contribution in [2.75, 3.05) is 6.54 Å². The summed E-state index contributed by atoms with van der Waals surface area (Å²) in [5.41, 5.74) is 2.62. The zero-order chi connectivity index (χ0) is 11.3. The van der Waals surface area contributed by atoms with Crippen molar-refractivity contribution >= 4 is 6.08 Å². The van der Waals surface area contributed by atoms with Gasteiger partial charge in [0.25, 0.3) is 0 Å². The molecule has 1 heterocycles. The first-order valence-corrected chi connectivity index (χ1v) is 5.31. The van der Waals surface area contributed by atoms with E-state index in [4.69, 9.17) is 0 Å². The topological polar surface area (TPSA) is 24.9 Å². The first-order chi connectivity index (χ1) is 6.99. The van der Waals surface area contributed by atoms with Crippen LogP contribution in [0, 0.1) is 6.92 Å². The van der Waals surface area contributed by atoms with E-state index >= 15 is 0 Å². The molecule has 1 aromatic rings. The summed E-state index contributed by atoms with van der Waals surface area (Å²) in [5, 5.41) is 3.40. The number of nitrogens with zero attached hydrogens (tertiary/aromatic N) is 1. The van der Waals surface area contributed by atoms with E-state index in [0.717, 1.165) is 6.54 Å². The van der Waals surface area contributed by atoms with Gasteiger partial charge in [-0.05, 0) is 44.9 Å². The van der Waals surface area contributed by atoms with Crippen LogP contribution in [0.4, 0.5) is 0 Å². The minimum absolute atomic E-state index is 0.175. The highest BCUT2D eigenvalue weighted by Gasteiger charge is 2.05. The molecular formula is C13H20N2. The van der Waals surface area contributed by atoms with Gasteiger partial charge < -0.3 is 5.32 Å². The van der Waals surface area contributed by atoms with Crippen molar-refractivity contribution < 1.29 is 0 Å². The molecular weight excluding hydrogens is 184 g/mol. The Balaban J connectivity index is 2.49. The Bertz CT molecular complexity index is 335. The maximum absolute atomic E-state index is 4.10. The van der Waals surface area contributed by atoms with Gasteiger partial charge in [0, 0.05) is 24.5 Å². The Kier molecular flexibility index (Phi) is 4.04. The Morgan fingerprint density at radius 1 is 1.40 bits per heavy atom. The monoisotopic (exact) mass is 204 g/mol. The van der Waals surface area contributed by atoms with E-state index in [2.05, 4.69) is 50.1 Å². The van der Waals surface area contributed by atoms with Crippen LogP contribution in [-0.4, -0.2) is 17.1 Å². The van der Waals surface area contributed by atoms with Crippen molar-refractivity contribution in [2.45, 2.75) is 33.2 Å². The summed E-state index contributed by atoms with van der Waals surface area (Å²) in [4.78, 5) is 4.10. The van der Waals surface area contributed by atoms with Crippen molar-refractivity contribution in [2.24, 2.45) is 0 Å². The zero-order valence-electron chi connectivity index (χ0n) is 10.0. The van der Waals surface area contributed by atoms with Gasteiger partial charge in [-0.2, -0.15) is 0 Å². The van der Waals surface area contributed by atoms with E-state index in [-0.39, 0.29) is 5.54 Å². The molecule has 0 radical (unpaired) electrons. The second-order valence-electron chi connectivity index (χ2n) is 4.77. The molecule has 0 aliphatic rings. The minimum Gasteiger partial charge on any atom is -0.309 e. The van der Waals surface area contributed by atoms with Crippen LogP contribution in [0.15, 0.2) is 24.5 Å². The highest BCUT2D eigenvalue weighted by Crippen LogP contribution is 2.06. The molecule has 82 valence electrons. The SMILES string of the molecule is Cc1ccncc1/C=C/CNC(C)(C)C. The third-order valence-corrected chi connectivity index (χ3v) is 2.13. The van der Waals surface area contributed by atoms with E-state index < -0.39 is 0 Å². The molecule has 0 amide bonds. The van der Waals surface area contributed by atoms with Gasteiger partial charge in [0.2, 0.25) is 0 Å². The molecule has 15 heavy (non-hydrogen) atoms. The number of aryl methyl sites for hydroxylation is 1. The fraction of sp³-hybridized carbons (Fsp3) is 0.462. The fourth-order valence-electron chi connectivity index (χ4n) is 1.20. The van der Waals surface area contributed by atoms with E-state index in [9.17, 15) is 0 Å². The van der Waals surface area contributed by atoms with Gasteiger partial charge in [0.15, 0.2) is 0 Å². The van der Waals surface area contributed by atoms with E-state index in [1.165, 1.54) is 11.1 Å². The van der Waals surface area contributed by atoms with E-state index in [1.807, 2.05) is 18.5 Å². The molecule has 1 N–H and O–H groups in total. The van der Waals surface area contributed by atoms with Crippen LogP contribution in [0.3, 0.4) is 0 Å². The van der Waals surface area contributed by atoms with Crippen molar-refractivity contribution in [3.05, 3.63) is 35.7 Å². The lowest BCUT2D eigenvalue weighted by Gasteiger charge is -2.18. The van der Waals surface area contributed by atoms with Gasteiger partial charge in [-0.25, -0.2) is 0 Å². The molecule has 0 saturated carbocycles. The van der Waals surface area contributed by atoms with Gasteiger partial charge in [0.1, 0.15) is 0 Å². The Hall–Kier alpha value is -1.15. The predicted molar refractivity (Wildman–Crippen MR) is 65.8 cm³/mol. The van der Waals surface area contributed by atoms with Gasteiger partial charge in [0.05, 0.1) is 0 Å². The largest absolute Gasteiger partial charge is 0.309 e. The summed E-state index contributed by atoms with van der Waals surface area (Å²) in [7, 11) is 0. The van der Waals surface area contributed by atoms with Crippen LogP contribution in [0.5, 0.6) is 0 Å². The highest BCUT2D eigenvalue weighted by molar-refractivity contribution is 5.51. The molecule has 0 saturated heterocycles. The van der Waals surface area contributed by atoms with Crippen molar-refractivity contribution in [3.63, 3.8) is 0 Å². The van der Waals surface area contributed by atoms with Gasteiger partial charge in [-0.15, -0.1) is 0 Å². The lowest BCUT2D eigenvalue weighted by molar-refractivity contribution is 0.450. The zero-order valence-corrected chi connectivity index (χ0v) is 10.0. The summed E-state index contributed by atoms with van der Waals surface area (Å²) in [5.74, 6) is 0.